The lowest BCUT2D eigenvalue weighted by atomic mass is 10.0. The van der Waals surface area contributed by atoms with Crippen molar-refractivity contribution in [1.29, 1.82) is 0 Å². The Kier molecular flexibility index (Phi) is 3.70. The van der Waals surface area contributed by atoms with Gasteiger partial charge in [0.15, 0.2) is 0 Å². The number of nitrogens with zero attached hydrogens (tertiary/aromatic N) is 2. The van der Waals surface area contributed by atoms with Gasteiger partial charge in [-0.3, -0.25) is 15.1 Å². The molecule has 0 unspecified atom stereocenters. The highest BCUT2D eigenvalue weighted by Crippen LogP contribution is 2.30. The zero-order valence-corrected chi connectivity index (χ0v) is 13.3. The summed E-state index contributed by atoms with van der Waals surface area (Å²) in [4.78, 5) is 14.9. The summed E-state index contributed by atoms with van der Waals surface area (Å²) in [6, 6.07) is 10.9. The number of anilines is 2. The molecule has 2 aromatic carbocycles. The van der Waals surface area contributed by atoms with Crippen molar-refractivity contribution in [3.8, 4) is 0 Å². The Bertz CT molecular complexity index is 920. The Morgan fingerprint density at radius 2 is 1.78 bits per heavy atom. The SMILES string of the molecule is Cc1cc([N+](=O)[O-])ccc1Nc1ccnc2c(C)c(C)ccc12. The Labute approximate surface area is 134 Å². The van der Waals surface area contributed by atoms with Crippen LogP contribution in [0.25, 0.3) is 10.9 Å². The third-order valence-electron chi connectivity index (χ3n) is 4.13. The fourth-order valence-electron chi connectivity index (χ4n) is 2.62. The largest absolute Gasteiger partial charge is 0.355 e. The Morgan fingerprint density at radius 3 is 2.48 bits per heavy atom. The van der Waals surface area contributed by atoms with E-state index in [1.165, 1.54) is 11.6 Å². The molecule has 3 rings (SSSR count). The lowest BCUT2D eigenvalue weighted by Gasteiger charge is -2.13. The van der Waals surface area contributed by atoms with Crippen LogP contribution >= 0.6 is 0 Å². The van der Waals surface area contributed by atoms with Crippen LogP contribution in [-0.4, -0.2) is 9.91 Å². The van der Waals surface area contributed by atoms with Gasteiger partial charge in [0, 0.05) is 35.1 Å². The van der Waals surface area contributed by atoms with Crippen molar-refractivity contribution in [2.75, 3.05) is 5.32 Å². The summed E-state index contributed by atoms with van der Waals surface area (Å²) in [5.74, 6) is 0. The molecule has 0 spiro atoms. The Hall–Kier alpha value is -2.95. The molecule has 0 aliphatic heterocycles. The number of nitro groups is 1. The predicted octanol–water partition coefficient (Wildman–Crippen LogP) is 4.81. The topological polar surface area (TPSA) is 68.1 Å². The van der Waals surface area contributed by atoms with E-state index in [4.69, 9.17) is 0 Å². The number of aryl methyl sites for hydroxylation is 3. The number of non-ortho nitro benzene ring substituents is 1. The van der Waals surface area contributed by atoms with Crippen LogP contribution in [-0.2, 0) is 0 Å². The van der Waals surface area contributed by atoms with E-state index in [0.29, 0.717) is 0 Å². The first-order valence-corrected chi connectivity index (χ1v) is 7.34. The summed E-state index contributed by atoms with van der Waals surface area (Å²) in [6.07, 6.45) is 1.78. The molecular formula is C18H17N3O2. The average Bonchev–Trinajstić information content (AvgIpc) is 2.53. The maximum atomic E-state index is 10.8. The molecule has 5 heteroatoms. The number of nitrogens with one attached hydrogen (secondary N) is 1. The smallest absolute Gasteiger partial charge is 0.269 e. The molecule has 0 atom stereocenters. The van der Waals surface area contributed by atoms with Gasteiger partial charge in [-0.1, -0.05) is 12.1 Å². The van der Waals surface area contributed by atoms with E-state index in [1.807, 2.05) is 19.1 Å². The van der Waals surface area contributed by atoms with Gasteiger partial charge in [0.2, 0.25) is 0 Å². The quantitative estimate of drug-likeness (QED) is 0.557. The van der Waals surface area contributed by atoms with Gasteiger partial charge in [0.1, 0.15) is 0 Å². The third kappa shape index (κ3) is 2.73. The molecule has 0 saturated heterocycles. The van der Waals surface area contributed by atoms with Crippen molar-refractivity contribution in [1.82, 2.24) is 4.98 Å². The van der Waals surface area contributed by atoms with Crippen LogP contribution in [0.2, 0.25) is 0 Å². The van der Waals surface area contributed by atoms with Crippen molar-refractivity contribution in [2.45, 2.75) is 20.8 Å². The number of rotatable bonds is 3. The van der Waals surface area contributed by atoms with E-state index in [0.717, 1.165) is 33.4 Å². The van der Waals surface area contributed by atoms with Gasteiger partial charge in [-0.25, -0.2) is 0 Å². The van der Waals surface area contributed by atoms with Crippen LogP contribution < -0.4 is 5.32 Å². The van der Waals surface area contributed by atoms with Gasteiger partial charge in [0.25, 0.3) is 5.69 Å². The first kappa shape index (κ1) is 15.0. The summed E-state index contributed by atoms with van der Waals surface area (Å²) >= 11 is 0. The molecule has 0 radical (unpaired) electrons. The van der Waals surface area contributed by atoms with Gasteiger partial charge >= 0.3 is 0 Å². The van der Waals surface area contributed by atoms with Crippen molar-refractivity contribution >= 4 is 28.0 Å². The number of hydrogen-bond acceptors (Lipinski definition) is 4. The molecule has 116 valence electrons. The molecule has 0 amide bonds. The van der Waals surface area contributed by atoms with Gasteiger partial charge in [0.05, 0.1) is 10.4 Å². The zero-order chi connectivity index (χ0) is 16.6. The standard InChI is InChI=1S/C18H17N3O2/c1-11-4-6-15-17(8-9-19-18(15)13(11)3)20-16-7-5-14(21(22)23)10-12(16)2/h4-10H,1-3H3,(H,19,20). The lowest BCUT2D eigenvalue weighted by Crippen LogP contribution is -1.97. The summed E-state index contributed by atoms with van der Waals surface area (Å²) in [5.41, 5.74) is 6.04. The fraction of sp³-hybridized carbons (Fsp3) is 0.167. The predicted molar refractivity (Wildman–Crippen MR) is 92.3 cm³/mol. The van der Waals surface area contributed by atoms with Gasteiger partial charge in [-0.05, 0) is 49.6 Å². The summed E-state index contributed by atoms with van der Waals surface area (Å²) < 4.78 is 0. The normalized spacial score (nSPS) is 10.7. The monoisotopic (exact) mass is 307 g/mol. The first-order valence-electron chi connectivity index (χ1n) is 7.34. The molecule has 23 heavy (non-hydrogen) atoms. The summed E-state index contributed by atoms with van der Waals surface area (Å²) in [7, 11) is 0. The average molecular weight is 307 g/mol. The van der Waals surface area contributed by atoms with Crippen molar-refractivity contribution in [2.24, 2.45) is 0 Å². The maximum Gasteiger partial charge on any atom is 0.269 e. The maximum absolute atomic E-state index is 10.8. The molecule has 0 aliphatic carbocycles. The van der Waals surface area contributed by atoms with Gasteiger partial charge in [-0.2, -0.15) is 0 Å². The van der Waals surface area contributed by atoms with E-state index in [1.54, 1.807) is 18.3 Å². The molecule has 1 heterocycles. The molecule has 0 bridgehead atoms. The number of hydrogen-bond donors (Lipinski definition) is 1. The van der Waals surface area contributed by atoms with Crippen molar-refractivity contribution in [3.63, 3.8) is 0 Å². The number of pyridine rings is 1. The molecular weight excluding hydrogens is 290 g/mol. The highest BCUT2D eigenvalue weighted by atomic mass is 16.6. The highest BCUT2D eigenvalue weighted by molar-refractivity contribution is 5.95. The first-order chi connectivity index (χ1) is 11.0. The van der Waals surface area contributed by atoms with Crippen molar-refractivity contribution in [3.05, 3.63) is 69.4 Å². The second-order valence-corrected chi connectivity index (χ2v) is 5.64. The van der Waals surface area contributed by atoms with Crippen LogP contribution in [0.1, 0.15) is 16.7 Å². The molecule has 0 aliphatic rings. The number of nitro benzene ring substituents is 1. The number of aromatic nitrogens is 1. The molecule has 0 saturated carbocycles. The van der Waals surface area contributed by atoms with E-state index >= 15 is 0 Å². The van der Waals surface area contributed by atoms with E-state index in [-0.39, 0.29) is 10.6 Å². The number of benzene rings is 2. The van der Waals surface area contributed by atoms with Gasteiger partial charge in [-0.15, -0.1) is 0 Å². The molecule has 5 nitrogen and oxygen atoms in total. The number of fused-ring (bicyclic) bond motifs is 1. The Balaban J connectivity index is 2.06. The van der Waals surface area contributed by atoms with E-state index < -0.39 is 0 Å². The van der Waals surface area contributed by atoms with Gasteiger partial charge < -0.3 is 5.32 Å². The molecule has 3 aromatic rings. The lowest BCUT2D eigenvalue weighted by molar-refractivity contribution is -0.384. The third-order valence-corrected chi connectivity index (χ3v) is 4.13. The minimum absolute atomic E-state index is 0.0964. The summed E-state index contributed by atoms with van der Waals surface area (Å²) in [6.45, 7) is 5.98. The zero-order valence-electron chi connectivity index (χ0n) is 13.3. The molecule has 1 N–H and O–H groups in total. The van der Waals surface area contributed by atoms with Crippen LogP contribution in [0.15, 0.2) is 42.6 Å². The minimum atomic E-state index is -0.384. The minimum Gasteiger partial charge on any atom is -0.355 e. The van der Waals surface area contributed by atoms with Crippen LogP contribution in [0.5, 0.6) is 0 Å². The Morgan fingerprint density at radius 1 is 1.00 bits per heavy atom. The second-order valence-electron chi connectivity index (χ2n) is 5.64. The molecule has 0 fully saturated rings. The van der Waals surface area contributed by atoms with Crippen LogP contribution in [0, 0.1) is 30.9 Å². The van der Waals surface area contributed by atoms with E-state index in [2.05, 4.69) is 30.2 Å². The summed E-state index contributed by atoms with van der Waals surface area (Å²) in [5, 5.41) is 15.2. The fourth-order valence-corrected chi connectivity index (χ4v) is 2.62. The second kappa shape index (κ2) is 5.68. The van der Waals surface area contributed by atoms with Crippen LogP contribution in [0.3, 0.4) is 0 Å². The molecule has 1 aromatic heterocycles. The van der Waals surface area contributed by atoms with Crippen molar-refractivity contribution < 1.29 is 4.92 Å². The highest BCUT2D eigenvalue weighted by Gasteiger charge is 2.10. The van der Waals surface area contributed by atoms with E-state index in [9.17, 15) is 10.1 Å². The van der Waals surface area contributed by atoms with Crippen LogP contribution in [0.4, 0.5) is 17.1 Å².